The van der Waals surface area contributed by atoms with Crippen LogP contribution in [0.2, 0.25) is 0 Å². The van der Waals surface area contributed by atoms with E-state index in [0.29, 0.717) is 24.1 Å². The quantitative estimate of drug-likeness (QED) is 0.583. The molecule has 0 radical (unpaired) electrons. The number of rotatable bonds is 5. The Morgan fingerprint density at radius 2 is 1.95 bits per heavy atom. The molecule has 110 valence electrons. The average Bonchev–Trinajstić information content (AvgIpc) is 2.47. The summed E-state index contributed by atoms with van der Waals surface area (Å²) in [6.45, 7) is 2.32. The number of benzene rings is 2. The zero-order valence-electron chi connectivity index (χ0n) is 12.1. The van der Waals surface area contributed by atoms with Gasteiger partial charge in [-0.1, -0.05) is 24.3 Å². The highest BCUT2D eigenvalue weighted by Crippen LogP contribution is 2.19. The fraction of sp³-hybridized carbons (Fsp3) is 0.235. The summed E-state index contributed by atoms with van der Waals surface area (Å²) in [5.41, 5.74) is 9.23. The molecule has 0 aliphatic rings. The summed E-state index contributed by atoms with van der Waals surface area (Å²) in [6.07, 6.45) is 1.13. The van der Waals surface area contributed by atoms with Crippen LogP contribution in [-0.2, 0) is 17.8 Å². The minimum absolute atomic E-state index is 0.0416. The Balaban J connectivity index is 1.85. The number of carbonyl (C=O) groups is 1. The van der Waals surface area contributed by atoms with Gasteiger partial charge in [0.25, 0.3) is 0 Å². The van der Waals surface area contributed by atoms with Crippen molar-refractivity contribution in [2.45, 2.75) is 26.3 Å². The number of amides is 1. The van der Waals surface area contributed by atoms with Crippen LogP contribution >= 0.6 is 0 Å². The molecule has 4 N–H and O–H groups in total. The molecule has 0 unspecified atom stereocenters. The molecule has 4 nitrogen and oxygen atoms in total. The maximum atomic E-state index is 11.9. The lowest BCUT2D eigenvalue weighted by Crippen LogP contribution is -2.23. The molecule has 2 rings (SSSR count). The molecule has 0 aliphatic heterocycles. The second kappa shape index (κ2) is 6.79. The number of aryl methyl sites for hydroxylation is 2. The van der Waals surface area contributed by atoms with E-state index in [-0.39, 0.29) is 18.2 Å². The molecule has 2 aromatic carbocycles. The summed E-state index contributed by atoms with van der Waals surface area (Å²) < 4.78 is 0. The lowest BCUT2D eigenvalue weighted by molar-refractivity contribution is -0.121. The van der Waals surface area contributed by atoms with Crippen LogP contribution < -0.4 is 11.1 Å². The van der Waals surface area contributed by atoms with Crippen molar-refractivity contribution in [1.82, 2.24) is 5.32 Å². The number of anilines is 1. The van der Waals surface area contributed by atoms with Crippen LogP contribution in [0.25, 0.3) is 0 Å². The SMILES string of the molecule is Cc1ccccc1CCC(=O)NCc1cc(N)ccc1O. The molecule has 4 heteroatoms. The van der Waals surface area contributed by atoms with Gasteiger partial charge in [-0.2, -0.15) is 0 Å². The van der Waals surface area contributed by atoms with Crippen molar-refractivity contribution in [3.8, 4) is 5.75 Å². The van der Waals surface area contributed by atoms with Crippen molar-refractivity contribution >= 4 is 11.6 Å². The van der Waals surface area contributed by atoms with Gasteiger partial charge in [0.1, 0.15) is 5.75 Å². The van der Waals surface area contributed by atoms with Crippen LogP contribution in [0.1, 0.15) is 23.1 Å². The van der Waals surface area contributed by atoms with Gasteiger partial charge in [0.15, 0.2) is 0 Å². The average molecular weight is 284 g/mol. The number of nitrogens with two attached hydrogens (primary N) is 1. The summed E-state index contributed by atoms with van der Waals surface area (Å²) >= 11 is 0. The number of hydrogen-bond donors (Lipinski definition) is 3. The van der Waals surface area contributed by atoms with Crippen molar-refractivity contribution < 1.29 is 9.90 Å². The summed E-state index contributed by atoms with van der Waals surface area (Å²) in [4.78, 5) is 11.9. The maximum absolute atomic E-state index is 11.9. The van der Waals surface area contributed by atoms with Crippen LogP contribution in [0, 0.1) is 6.92 Å². The maximum Gasteiger partial charge on any atom is 0.220 e. The Morgan fingerprint density at radius 1 is 1.19 bits per heavy atom. The molecule has 21 heavy (non-hydrogen) atoms. The summed E-state index contributed by atoms with van der Waals surface area (Å²) in [6, 6.07) is 12.9. The number of hydrogen-bond acceptors (Lipinski definition) is 3. The monoisotopic (exact) mass is 284 g/mol. The fourth-order valence-electron chi connectivity index (χ4n) is 2.17. The highest BCUT2D eigenvalue weighted by Gasteiger charge is 2.06. The lowest BCUT2D eigenvalue weighted by Gasteiger charge is -2.09. The number of nitrogens with one attached hydrogen (secondary N) is 1. The topological polar surface area (TPSA) is 75.4 Å². The van der Waals surface area contributed by atoms with Gasteiger partial charge in [0.05, 0.1) is 0 Å². The Morgan fingerprint density at radius 3 is 2.71 bits per heavy atom. The lowest BCUT2D eigenvalue weighted by atomic mass is 10.0. The summed E-state index contributed by atoms with van der Waals surface area (Å²) in [7, 11) is 0. The highest BCUT2D eigenvalue weighted by molar-refractivity contribution is 5.76. The van der Waals surface area contributed by atoms with E-state index in [2.05, 4.69) is 5.32 Å². The number of phenolic OH excluding ortho intramolecular Hbond substituents is 1. The van der Waals surface area contributed by atoms with E-state index in [9.17, 15) is 9.90 Å². The molecule has 0 aromatic heterocycles. The van der Waals surface area contributed by atoms with E-state index in [1.807, 2.05) is 31.2 Å². The zero-order valence-corrected chi connectivity index (χ0v) is 12.1. The van der Waals surface area contributed by atoms with E-state index in [4.69, 9.17) is 5.73 Å². The third kappa shape index (κ3) is 4.24. The van der Waals surface area contributed by atoms with E-state index in [1.54, 1.807) is 12.1 Å². The smallest absolute Gasteiger partial charge is 0.220 e. The van der Waals surface area contributed by atoms with Gasteiger partial charge >= 0.3 is 0 Å². The predicted octanol–water partition coefficient (Wildman–Crippen LogP) is 2.53. The molecular weight excluding hydrogens is 264 g/mol. The third-order valence-electron chi connectivity index (χ3n) is 3.46. The Hall–Kier alpha value is -2.49. The highest BCUT2D eigenvalue weighted by atomic mass is 16.3. The predicted molar refractivity (Wildman–Crippen MR) is 83.9 cm³/mol. The van der Waals surface area contributed by atoms with E-state index in [1.165, 1.54) is 17.2 Å². The molecule has 0 bridgehead atoms. The number of nitrogen functional groups attached to an aromatic ring is 1. The van der Waals surface area contributed by atoms with Crippen LogP contribution in [0.3, 0.4) is 0 Å². The van der Waals surface area contributed by atoms with Gasteiger partial charge in [-0.05, 0) is 42.7 Å². The van der Waals surface area contributed by atoms with Crippen molar-refractivity contribution in [3.05, 3.63) is 59.2 Å². The largest absolute Gasteiger partial charge is 0.508 e. The number of aromatic hydroxyl groups is 1. The minimum atomic E-state index is -0.0416. The molecule has 0 aliphatic carbocycles. The van der Waals surface area contributed by atoms with Crippen molar-refractivity contribution in [3.63, 3.8) is 0 Å². The van der Waals surface area contributed by atoms with Crippen LogP contribution in [-0.4, -0.2) is 11.0 Å². The van der Waals surface area contributed by atoms with Gasteiger partial charge in [-0.15, -0.1) is 0 Å². The van der Waals surface area contributed by atoms with Crippen molar-refractivity contribution in [2.24, 2.45) is 0 Å². The molecule has 2 aromatic rings. The second-order valence-corrected chi connectivity index (χ2v) is 5.09. The molecule has 0 fully saturated rings. The van der Waals surface area contributed by atoms with Gasteiger partial charge in [-0.3, -0.25) is 4.79 Å². The number of phenols is 1. The van der Waals surface area contributed by atoms with E-state index in [0.717, 1.165) is 0 Å². The van der Waals surface area contributed by atoms with E-state index >= 15 is 0 Å². The third-order valence-corrected chi connectivity index (χ3v) is 3.46. The van der Waals surface area contributed by atoms with Crippen molar-refractivity contribution in [2.75, 3.05) is 5.73 Å². The van der Waals surface area contributed by atoms with Crippen molar-refractivity contribution in [1.29, 1.82) is 0 Å². The first-order valence-electron chi connectivity index (χ1n) is 6.95. The van der Waals surface area contributed by atoms with Gasteiger partial charge in [-0.25, -0.2) is 0 Å². The Labute approximate surface area is 124 Å². The molecule has 0 saturated heterocycles. The molecule has 0 spiro atoms. The Kier molecular flexibility index (Phi) is 4.82. The first-order valence-corrected chi connectivity index (χ1v) is 6.95. The first kappa shape index (κ1) is 14.9. The van der Waals surface area contributed by atoms with Crippen LogP contribution in [0.15, 0.2) is 42.5 Å². The normalized spacial score (nSPS) is 10.3. The van der Waals surface area contributed by atoms with Crippen LogP contribution in [0.5, 0.6) is 5.75 Å². The number of carbonyl (C=O) groups excluding carboxylic acids is 1. The first-order chi connectivity index (χ1) is 10.1. The summed E-state index contributed by atoms with van der Waals surface area (Å²) in [5.74, 6) is 0.100. The second-order valence-electron chi connectivity index (χ2n) is 5.09. The minimum Gasteiger partial charge on any atom is -0.508 e. The molecule has 0 atom stereocenters. The molecule has 0 heterocycles. The van der Waals surface area contributed by atoms with Gasteiger partial charge in [0, 0.05) is 24.2 Å². The standard InChI is InChI=1S/C17H20N2O2/c1-12-4-2-3-5-13(12)6-9-17(21)19-11-14-10-15(18)7-8-16(14)20/h2-5,7-8,10,20H,6,9,11,18H2,1H3,(H,19,21). The van der Waals surface area contributed by atoms with Gasteiger partial charge < -0.3 is 16.2 Å². The van der Waals surface area contributed by atoms with Crippen LogP contribution in [0.4, 0.5) is 5.69 Å². The Bertz CT molecular complexity index is 638. The van der Waals surface area contributed by atoms with Gasteiger partial charge in [0.2, 0.25) is 5.91 Å². The molecule has 1 amide bonds. The molecular formula is C17H20N2O2. The summed E-state index contributed by atoms with van der Waals surface area (Å²) in [5, 5.41) is 12.5. The van der Waals surface area contributed by atoms with E-state index < -0.39 is 0 Å². The fourth-order valence-corrected chi connectivity index (χ4v) is 2.17. The molecule has 0 saturated carbocycles. The zero-order chi connectivity index (χ0) is 15.2.